The predicted molar refractivity (Wildman–Crippen MR) is 56.6 cm³/mol. The third-order valence-electron chi connectivity index (χ3n) is 1.62. The second-order valence-corrected chi connectivity index (χ2v) is 3.79. The highest BCUT2D eigenvalue weighted by Crippen LogP contribution is 2.27. The number of rotatable bonds is 6. The summed E-state index contributed by atoms with van der Waals surface area (Å²) in [5.41, 5.74) is 1.44. The molecule has 6 nitrogen and oxygen atoms in total. The Kier molecular flexibility index (Phi) is 5.56. The Labute approximate surface area is 93.1 Å². The van der Waals surface area contributed by atoms with Crippen molar-refractivity contribution in [3.05, 3.63) is 30.3 Å². The van der Waals surface area contributed by atoms with Crippen LogP contribution in [-0.2, 0) is 13.9 Å². The molecule has 1 rings (SSSR count). The number of amides is 1. The van der Waals surface area contributed by atoms with Gasteiger partial charge in [0, 0.05) is 0 Å². The van der Waals surface area contributed by atoms with Gasteiger partial charge in [-0.2, -0.15) is 0 Å². The van der Waals surface area contributed by atoms with Crippen molar-refractivity contribution in [3.63, 3.8) is 0 Å². The zero-order chi connectivity index (χ0) is 11.8. The van der Waals surface area contributed by atoms with Gasteiger partial charge in [-0.1, -0.05) is 18.2 Å². The maximum absolute atomic E-state index is 11.2. The fourth-order valence-corrected chi connectivity index (χ4v) is 1.55. The summed E-state index contributed by atoms with van der Waals surface area (Å²) in [6.45, 7) is -0.0724. The van der Waals surface area contributed by atoms with Crippen molar-refractivity contribution < 1.29 is 23.6 Å². The molecule has 16 heavy (non-hydrogen) atoms. The SMILES string of the molecule is O=C(CCO[PH](=O)Oc1ccccc1)NO. The van der Waals surface area contributed by atoms with E-state index < -0.39 is 14.2 Å². The monoisotopic (exact) mass is 245 g/mol. The molecule has 7 heteroatoms. The zero-order valence-electron chi connectivity index (χ0n) is 8.38. The van der Waals surface area contributed by atoms with Gasteiger partial charge in [0.25, 0.3) is 0 Å². The number of carbonyl (C=O) groups is 1. The van der Waals surface area contributed by atoms with Crippen LogP contribution in [-0.4, -0.2) is 17.7 Å². The van der Waals surface area contributed by atoms with Crippen LogP contribution in [0.15, 0.2) is 30.3 Å². The average Bonchev–Trinajstić information content (AvgIpc) is 2.30. The Morgan fingerprint density at radius 2 is 2.06 bits per heavy atom. The molecule has 0 aliphatic heterocycles. The molecule has 0 heterocycles. The first-order valence-corrected chi connectivity index (χ1v) is 5.77. The summed E-state index contributed by atoms with van der Waals surface area (Å²) in [5.74, 6) is -0.160. The normalized spacial score (nSPS) is 11.8. The van der Waals surface area contributed by atoms with E-state index in [4.69, 9.17) is 14.3 Å². The first-order valence-electron chi connectivity index (χ1n) is 4.55. The molecule has 1 atom stereocenters. The Morgan fingerprint density at radius 1 is 1.38 bits per heavy atom. The third-order valence-corrected chi connectivity index (χ3v) is 2.46. The number of hydrogen-bond donors (Lipinski definition) is 2. The van der Waals surface area contributed by atoms with Gasteiger partial charge in [-0.15, -0.1) is 0 Å². The molecule has 0 aromatic heterocycles. The van der Waals surface area contributed by atoms with E-state index >= 15 is 0 Å². The molecule has 0 fully saturated rings. The van der Waals surface area contributed by atoms with Crippen LogP contribution in [0.3, 0.4) is 0 Å². The van der Waals surface area contributed by atoms with Crippen molar-refractivity contribution in [1.29, 1.82) is 0 Å². The van der Waals surface area contributed by atoms with Crippen molar-refractivity contribution in [2.75, 3.05) is 6.61 Å². The van der Waals surface area contributed by atoms with Crippen LogP contribution < -0.4 is 10.0 Å². The molecule has 1 aromatic carbocycles. The van der Waals surface area contributed by atoms with Crippen molar-refractivity contribution in [2.24, 2.45) is 0 Å². The van der Waals surface area contributed by atoms with E-state index in [0.29, 0.717) is 5.75 Å². The summed E-state index contributed by atoms with van der Waals surface area (Å²) < 4.78 is 21.0. The molecule has 0 saturated carbocycles. The van der Waals surface area contributed by atoms with E-state index in [9.17, 15) is 9.36 Å². The minimum atomic E-state index is -2.66. The number of nitrogens with one attached hydrogen (secondary N) is 1. The molecule has 0 aliphatic carbocycles. The van der Waals surface area contributed by atoms with Crippen LogP contribution in [0.4, 0.5) is 0 Å². The van der Waals surface area contributed by atoms with Crippen molar-refractivity contribution in [3.8, 4) is 5.75 Å². The van der Waals surface area contributed by atoms with Gasteiger partial charge < -0.3 is 9.05 Å². The van der Waals surface area contributed by atoms with E-state index in [1.165, 1.54) is 5.48 Å². The van der Waals surface area contributed by atoms with Gasteiger partial charge in [0.2, 0.25) is 5.91 Å². The van der Waals surface area contributed by atoms with Crippen LogP contribution >= 0.6 is 8.25 Å². The van der Waals surface area contributed by atoms with Gasteiger partial charge in [0.15, 0.2) is 0 Å². The minimum absolute atomic E-state index is 0.0724. The first kappa shape index (κ1) is 12.7. The Morgan fingerprint density at radius 3 is 2.69 bits per heavy atom. The van der Waals surface area contributed by atoms with E-state index in [-0.39, 0.29) is 13.0 Å². The molecule has 1 amide bonds. The number of para-hydroxylation sites is 1. The summed E-state index contributed by atoms with van der Waals surface area (Å²) in [6, 6.07) is 8.57. The fourth-order valence-electron chi connectivity index (χ4n) is 0.897. The predicted octanol–water partition coefficient (Wildman–Crippen LogP) is 1.37. The fraction of sp³-hybridized carbons (Fsp3) is 0.222. The molecule has 2 N–H and O–H groups in total. The first-order chi connectivity index (χ1) is 7.72. The largest absolute Gasteiger partial charge is 0.426 e. The lowest BCUT2D eigenvalue weighted by molar-refractivity contribution is -0.129. The van der Waals surface area contributed by atoms with Crippen molar-refractivity contribution in [2.45, 2.75) is 6.42 Å². The topological polar surface area (TPSA) is 84.9 Å². The molecular weight excluding hydrogens is 233 g/mol. The molecular formula is C9H12NO5P. The summed E-state index contributed by atoms with van der Waals surface area (Å²) >= 11 is 0. The van der Waals surface area contributed by atoms with Crippen molar-refractivity contribution >= 4 is 14.2 Å². The zero-order valence-corrected chi connectivity index (χ0v) is 9.38. The maximum atomic E-state index is 11.2. The number of hydrogen-bond acceptors (Lipinski definition) is 5. The Hall–Kier alpha value is -1.36. The summed E-state index contributed by atoms with van der Waals surface area (Å²) in [6.07, 6.45) is -0.0783. The summed E-state index contributed by atoms with van der Waals surface area (Å²) in [7, 11) is -2.66. The van der Waals surface area contributed by atoms with Gasteiger partial charge >= 0.3 is 8.25 Å². The van der Waals surface area contributed by atoms with Crippen LogP contribution in [0.25, 0.3) is 0 Å². The molecule has 88 valence electrons. The molecule has 0 bridgehead atoms. The summed E-state index contributed by atoms with van der Waals surface area (Å²) in [5, 5.41) is 8.18. The van der Waals surface area contributed by atoms with Crippen LogP contribution in [0.2, 0.25) is 0 Å². The summed E-state index contributed by atoms with van der Waals surface area (Å²) in [4.78, 5) is 10.6. The second-order valence-electron chi connectivity index (χ2n) is 2.80. The lowest BCUT2D eigenvalue weighted by Crippen LogP contribution is -2.19. The van der Waals surface area contributed by atoms with Gasteiger partial charge in [-0.05, 0) is 12.1 Å². The van der Waals surface area contributed by atoms with E-state index in [0.717, 1.165) is 0 Å². The molecule has 0 radical (unpaired) electrons. The molecule has 1 aromatic rings. The minimum Gasteiger partial charge on any atom is -0.426 e. The average molecular weight is 245 g/mol. The van der Waals surface area contributed by atoms with Gasteiger partial charge in [-0.25, -0.2) is 10.0 Å². The van der Waals surface area contributed by atoms with Crippen molar-refractivity contribution in [1.82, 2.24) is 5.48 Å². The highest BCUT2D eigenvalue weighted by atomic mass is 31.1. The number of hydroxylamine groups is 1. The van der Waals surface area contributed by atoms with E-state index in [2.05, 4.69) is 0 Å². The maximum Gasteiger partial charge on any atom is 0.367 e. The van der Waals surface area contributed by atoms with Crippen LogP contribution in [0.5, 0.6) is 5.75 Å². The van der Waals surface area contributed by atoms with E-state index in [1.54, 1.807) is 30.3 Å². The lowest BCUT2D eigenvalue weighted by Gasteiger charge is -2.05. The van der Waals surface area contributed by atoms with Crippen LogP contribution in [0.1, 0.15) is 6.42 Å². The number of benzene rings is 1. The highest BCUT2D eigenvalue weighted by molar-refractivity contribution is 7.33. The van der Waals surface area contributed by atoms with Gasteiger partial charge in [0.1, 0.15) is 5.75 Å². The standard InChI is InChI=1S/C9H12NO5P/c11-9(10-12)6-7-14-16(13)15-8-4-2-1-3-5-8/h1-5,12,16H,6-7H2,(H,10,11). The molecule has 1 unspecified atom stereocenters. The smallest absolute Gasteiger partial charge is 0.367 e. The van der Waals surface area contributed by atoms with Gasteiger partial charge in [-0.3, -0.25) is 10.0 Å². The molecule has 0 aliphatic rings. The molecule has 0 saturated heterocycles. The second kappa shape index (κ2) is 7.00. The third kappa shape index (κ3) is 4.93. The Balaban J connectivity index is 2.24. The van der Waals surface area contributed by atoms with Gasteiger partial charge in [0.05, 0.1) is 13.0 Å². The van der Waals surface area contributed by atoms with Crippen LogP contribution in [0, 0.1) is 0 Å². The highest BCUT2D eigenvalue weighted by Gasteiger charge is 2.04. The molecule has 0 spiro atoms. The van der Waals surface area contributed by atoms with E-state index in [1.807, 2.05) is 0 Å². The quantitative estimate of drug-likeness (QED) is 0.449. The lowest BCUT2D eigenvalue weighted by atomic mass is 10.3. The number of carbonyl (C=O) groups excluding carboxylic acids is 1. The Bertz CT molecular complexity index is 356.